The van der Waals surface area contributed by atoms with E-state index in [4.69, 9.17) is 0 Å². The summed E-state index contributed by atoms with van der Waals surface area (Å²) in [4.78, 5) is 28.9. The van der Waals surface area contributed by atoms with Crippen molar-refractivity contribution in [1.29, 1.82) is 0 Å². The van der Waals surface area contributed by atoms with Gasteiger partial charge in [0.25, 0.3) is 0 Å². The van der Waals surface area contributed by atoms with Gasteiger partial charge in [-0.1, -0.05) is 32.0 Å². The fraction of sp³-hybridized carbons (Fsp3) is 0.417. The third-order valence-electron chi connectivity index (χ3n) is 5.14. The summed E-state index contributed by atoms with van der Waals surface area (Å²) in [5.74, 6) is -0.0678. The number of para-hydroxylation sites is 1. The minimum Gasteiger partial charge on any atom is -0.372 e. The molecule has 156 valence electrons. The average Bonchev–Trinajstić information content (AvgIpc) is 2.67. The number of hydrogen-bond donors (Lipinski definition) is 1. The average molecular weight is 396 g/mol. The van der Waals surface area contributed by atoms with E-state index in [2.05, 4.69) is 44.0 Å². The molecule has 5 nitrogen and oxygen atoms in total. The molecule has 0 aromatic heterocycles. The van der Waals surface area contributed by atoms with Crippen molar-refractivity contribution in [2.45, 2.75) is 47.5 Å². The van der Waals surface area contributed by atoms with E-state index >= 15 is 0 Å². The predicted molar refractivity (Wildman–Crippen MR) is 122 cm³/mol. The zero-order valence-corrected chi connectivity index (χ0v) is 18.5. The summed E-state index contributed by atoms with van der Waals surface area (Å²) in [6.45, 7) is 13.7. The van der Waals surface area contributed by atoms with Crippen molar-refractivity contribution in [3.05, 3.63) is 53.6 Å². The smallest absolute Gasteiger partial charge is 0.244 e. The van der Waals surface area contributed by atoms with Crippen molar-refractivity contribution >= 4 is 28.9 Å². The van der Waals surface area contributed by atoms with Crippen LogP contribution < -0.4 is 15.1 Å². The van der Waals surface area contributed by atoms with Gasteiger partial charge in [0.15, 0.2) is 0 Å². The normalized spacial score (nSPS) is 10.7. The fourth-order valence-electron chi connectivity index (χ4n) is 3.54. The molecule has 2 aromatic carbocycles. The maximum absolute atomic E-state index is 12.7. The summed E-state index contributed by atoms with van der Waals surface area (Å²) in [5.41, 5.74) is 4.73. The highest BCUT2D eigenvalue weighted by molar-refractivity contribution is 6.02. The number of nitrogens with zero attached hydrogens (tertiary/aromatic N) is 2. The highest BCUT2D eigenvalue weighted by atomic mass is 16.2. The molecule has 5 heteroatoms. The number of aryl methyl sites for hydroxylation is 1. The topological polar surface area (TPSA) is 52.6 Å². The maximum Gasteiger partial charge on any atom is 0.244 e. The van der Waals surface area contributed by atoms with Crippen LogP contribution in [0.15, 0.2) is 42.5 Å². The van der Waals surface area contributed by atoms with Crippen LogP contribution >= 0.6 is 0 Å². The van der Waals surface area contributed by atoms with Gasteiger partial charge in [0.1, 0.15) is 6.54 Å². The highest BCUT2D eigenvalue weighted by Gasteiger charge is 2.19. The quantitative estimate of drug-likeness (QED) is 0.688. The van der Waals surface area contributed by atoms with Gasteiger partial charge >= 0.3 is 0 Å². The third-order valence-corrected chi connectivity index (χ3v) is 5.14. The molecule has 1 N–H and O–H groups in total. The van der Waals surface area contributed by atoms with Gasteiger partial charge in [-0.2, -0.15) is 0 Å². The molecule has 0 saturated carbocycles. The lowest BCUT2D eigenvalue weighted by molar-refractivity contribution is -0.120. The Morgan fingerprint density at radius 1 is 1.03 bits per heavy atom. The molecule has 0 unspecified atom stereocenters. The maximum atomic E-state index is 12.7. The largest absolute Gasteiger partial charge is 0.372 e. The van der Waals surface area contributed by atoms with Gasteiger partial charge in [-0.25, -0.2) is 0 Å². The van der Waals surface area contributed by atoms with Gasteiger partial charge in [0, 0.05) is 37.1 Å². The van der Waals surface area contributed by atoms with Gasteiger partial charge in [-0.3, -0.25) is 9.59 Å². The molecule has 0 aliphatic rings. The van der Waals surface area contributed by atoms with Gasteiger partial charge < -0.3 is 15.1 Å². The number of rotatable bonds is 8. The summed E-state index contributed by atoms with van der Waals surface area (Å²) in [5, 5.41) is 2.97. The summed E-state index contributed by atoms with van der Waals surface area (Å²) < 4.78 is 0. The fourth-order valence-corrected chi connectivity index (χ4v) is 3.54. The first-order valence-corrected chi connectivity index (χ1v) is 10.3. The van der Waals surface area contributed by atoms with E-state index in [9.17, 15) is 9.59 Å². The van der Waals surface area contributed by atoms with Crippen LogP contribution in [0.5, 0.6) is 0 Å². The van der Waals surface area contributed by atoms with Gasteiger partial charge in [-0.05, 0) is 62.1 Å². The molecule has 0 aliphatic heterocycles. The molecular formula is C24H33N3O2. The van der Waals surface area contributed by atoms with Crippen LogP contribution in [0.2, 0.25) is 0 Å². The number of carbonyl (C=O) groups is 2. The number of benzene rings is 2. The van der Waals surface area contributed by atoms with Gasteiger partial charge in [0.05, 0.1) is 0 Å². The SMILES string of the molecule is CCN(CC)c1ccc(N(CC(=O)Nc2ccccc2C(C)C)C(C)=O)c(C)c1. The van der Waals surface area contributed by atoms with E-state index in [-0.39, 0.29) is 18.4 Å². The van der Waals surface area contributed by atoms with Crippen molar-refractivity contribution in [3.8, 4) is 0 Å². The van der Waals surface area contributed by atoms with E-state index in [1.165, 1.54) is 11.8 Å². The molecule has 0 atom stereocenters. The number of hydrogen-bond acceptors (Lipinski definition) is 3. The Labute approximate surface area is 174 Å². The van der Waals surface area contributed by atoms with E-state index in [1.54, 1.807) is 0 Å². The van der Waals surface area contributed by atoms with Crippen LogP contribution in [0.4, 0.5) is 17.1 Å². The van der Waals surface area contributed by atoms with Crippen molar-refractivity contribution in [2.75, 3.05) is 34.8 Å². The van der Waals surface area contributed by atoms with Crippen molar-refractivity contribution in [3.63, 3.8) is 0 Å². The van der Waals surface area contributed by atoms with E-state index in [0.29, 0.717) is 5.92 Å². The Hall–Kier alpha value is -2.82. The molecule has 2 amide bonds. The second-order valence-electron chi connectivity index (χ2n) is 7.54. The van der Waals surface area contributed by atoms with E-state index in [1.807, 2.05) is 43.3 Å². The number of amides is 2. The lowest BCUT2D eigenvalue weighted by Crippen LogP contribution is -2.37. The second kappa shape index (κ2) is 10.1. The van der Waals surface area contributed by atoms with Crippen molar-refractivity contribution < 1.29 is 9.59 Å². The summed E-state index contributed by atoms with van der Waals surface area (Å²) in [6.07, 6.45) is 0. The lowest BCUT2D eigenvalue weighted by atomic mass is 10.0. The Bertz CT molecular complexity index is 857. The summed E-state index contributed by atoms with van der Waals surface area (Å²) in [6, 6.07) is 13.8. The Balaban J connectivity index is 2.23. The van der Waals surface area contributed by atoms with Crippen LogP contribution in [-0.4, -0.2) is 31.4 Å². The van der Waals surface area contributed by atoms with Crippen LogP contribution in [0, 0.1) is 6.92 Å². The molecule has 0 bridgehead atoms. The molecule has 29 heavy (non-hydrogen) atoms. The van der Waals surface area contributed by atoms with Crippen molar-refractivity contribution in [1.82, 2.24) is 0 Å². The number of carbonyl (C=O) groups excluding carboxylic acids is 2. The first-order chi connectivity index (χ1) is 13.8. The molecular weight excluding hydrogens is 362 g/mol. The standard InChI is InChI=1S/C24H33N3O2/c1-7-26(8-2)20-13-14-23(18(5)15-20)27(19(6)28)16-24(29)25-22-12-10-9-11-21(22)17(3)4/h9-15,17H,7-8,16H2,1-6H3,(H,25,29). The number of anilines is 3. The molecule has 0 saturated heterocycles. The monoisotopic (exact) mass is 395 g/mol. The first-order valence-electron chi connectivity index (χ1n) is 10.3. The van der Waals surface area contributed by atoms with Crippen LogP contribution in [0.3, 0.4) is 0 Å². The van der Waals surface area contributed by atoms with Gasteiger partial charge in [-0.15, -0.1) is 0 Å². The Morgan fingerprint density at radius 2 is 1.69 bits per heavy atom. The van der Waals surface area contributed by atoms with Gasteiger partial charge in [0.2, 0.25) is 11.8 Å². The minimum atomic E-state index is -0.208. The zero-order valence-electron chi connectivity index (χ0n) is 18.5. The van der Waals surface area contributed by atoms with Crippen LogP contribution in [0.1, 0.15) is 51.7 Å². The molecule has 2 rings (SSSR count). The highest BCUT2D eigenvalue weighted by Crippen LogP contribution is 2.27. The van der Waals surface area contributed by atoms with E-state index in [0.717, 1.165) is 41.3 Å². The minimum absolute atomic E-state index is 0.0206. The Morgan fingerprint density at radius 3 is 2.24 bits per heavy atom. The van der Waals surface area contributed by atoms with E-state index < -0.39 is 0 Å². The molecule has 0 radical (unpaired) electrons. The molecule has 0 heterocycles. The van der Waals surface area contributed by atoms with Crippen molar-refractivity contribution in [2.24, 2.45) is 0 Å². The second-order valence-corrected chi connectivity index (χ2v) is 7.54. The Kier molecular flexibility index (Phi) is 7.82. The van der Waals surface area contributed by atoms with Crippen LogP contribution in [-0.2, 0) is 9.59 Å². The zero-order chi connectivity index (χ0) is 21.6. The molecule has 0 spiro atoms. The summed E-state index contributed by atoms with van der Waals surface area (Å²) >= 11 is 0. The van der Waals surface area contributed by atoms with Crippen LogP contribution in [0.25, 0.3) is 0 Å². The first kappa shape index (κ1) is 22.5. The lowest BCUT2D eigenvalue weighted by Gasteiger charge is -2.26. The summed E-state index contributed by atoms with van der Waals surface area (Å²) in [7, 11) is 0. The molecule has 2 aromatic rings. The number of nitrogens with one attached hydrogen (secondary N) is 1. The predicted octanol–water partition coefficient (Wildman–Crippen LogP) is 4.96. The third kappa shape index (κ3) is 5.59. The molecule has 0 aliphatic carbocycles. The molecule has 0 fully saturated rings.